The number of carbonyl (C=O) groups excluding carboxylic acids is 1. The first-order valence-electron chi connectivity index (χ1n) is 5.64. The van der Waals surface area contributed by atoms with E-state index in [-0.39, 0.29) is 5.91 Å². The molecule has 1 atom stereocenters. The van der Waals surface area contributed by atoms with Crippen molar-refractivity contribution in [3.63, 3.8) is 0 Å². The third-order valence-corrected chi connectivity index (χ3v) is 2.31. The molecule has 4 nitrogen and oxygen atoms in total. The SMILES string of the molecule is CCOc1ccc(NC(=O)C(C#N)CC)cc1. The lowest BCUT2D eigenvalue weighted by molar-refractivity contribution is -0.118. The molecule has 1 N–H and O–H groups in total. The molecule has 0 aliphatic carbocycles. The Morgan fingerprint density at radius 1 is 1.41 bits per heavy atom. The predicted molar refractivity (Wildman–Crippen MR) is 65.6 cm³/mol. The number of ether oxygens (including phenoxy) is 1. The minimum Gasteiger partial charge on any atom is -0.494 e. The first-order chi connectivity index (χ1) is 8.21. The molecule has 0 aliphatic heterocycles. The van der Waals surface area contributed by atoms with Gasteiger partial charge in [0.15, 0.2) is 0 Å². The molecular formula is C13H16N2O2. The van der Waals surface area contributed by atoms with Crippen LogP contribution >= 0.6 is 0 Å². The predicted octanol–water partition coefficient (Wildman–Crippen LogP) is 2.57. The molecule has 1 aromatic carbocycles. The van der Waals surface area contributed by atoms with E-state index in [2.05, 4.69) is 5.32 Å². The Kier molecular flexibility index (Phi) is 5.02. The number of carbonyl (C=O) groups is 1. The first-order valence-corrected chi connectivity index (χ1v) is 5.64. The van der Waals surface area contributed by atoms with Gasteiger partial charge in [0.2, 0.25) is 5.91 Å². The Bertz CT molecular complexity index is 406. The van der Waals surface area contributed by atoms with Gasteiger partial charge in [0.1, 0.15) is 11.7 Å². The molecule has 0 spiro atoms. The van der Waals surface area contributed by atoms with Gasteiger partial charge in [0, 0.05) is 5.69 Å². The van der Waals surface area contributed by atoms with Crippen LogP contribution in [0.2, 0.25) is 0 Å². The Hall–Kier alpha value is -2.02. The average molecular weight is 232 g/mol. The van der Waals surface area contributed by atoms with Crippen molar-refractivity contribution in [2.75, 3.05) is 11.9 Å². The van der Waals surface area contributed by atoms with Crippen molar-refractivity contribution in [2.24, 2.45) is 5.92 Å². The van der Waals surface area contributed by atoms with Gasteiger partial charge in [-0.25, -0.2) is 0 Å². The molecule has 0 bridgehead atoms. The van der Waals surface area contributed by atoms with E-state index in [4.69, 9.17) is 10.00 Å². The van der Waals surface area contributed by atoms with E-state index in [1.54, 1.807) is 24.3 Å². The van der Waals surface area contributed by atoms with Crippen molar-refractivity contribution in [1.29, 1.82) is 5.26 Å². The summed E-state index contributed by atoms with van der Waals surface area (Å²) in [5.74, 6) is -0.0986. The molecule has 4 heteroatoms. The standard InChI is InChI=1S/C13H16N2O2/c1-3-10(9-14)13(16)15-11-5-7-12(8-6-11)17-4-2/h5-8,10H,3-4H2,1-2H3,(H,15,16). The third kappa shape index (κ3) is 3.80. The maximum absolute atomic E-state index is 11.6. The number of rotatable bonds is 5. The molecular weight excluding hydrogens is 216 g/mol. The summed E-state index contributed by atoms with van der Waals surface area (Å²) in [5, 5.41) is 11.5. The summed E-state index contributed by atoms with van der Waals surface area (Å²) in [6, 6.07) is 9.05. The Labute approximate surface area is 101 Å². The summed E-state index contributed by atoms with van der Waals surface area (Å²) in [6.45, 7) is 4.33. The molecule has 1 aromatic rings. The number of benzene rings is 1. The van der Waals surface area contributed by atoms with Crippen molar-refractivity contribution in [2.45, 2.75) is 20.3 Å². The molecule has 0 radical (unpaired) electrons. The lowest BCUT2D eigenvalue weighted by Crippen LogP contribution is -2.20. The molecule has 0 saturated carbocycles. The van der Waals surface area contributed by atoms with Gasteiger partial charge in [-0.05, 0) is 37.6 Å². The molecule has 90 valence electrons. The van der Waals surface area contributed by atoms with Crippen molar-refractivity contribution >= 4 is 11.6 Å². The third-order valence-electron chi connectivity index (χ3n) is 2.31. The van der Waals surface area contributed by atoms with E-state index in [0.717, 1.165) is 5.75 Å². The Morgan fingerprint density at radius 2 is 2.06 bits per heavy atom. The van der Waals surface area contributed by atoms with Crippen LogP contribution in [0.3, 0.4) is 0 Å². The largest absolute Gasteiger partial charge is 0.494 e. The van der Waals surface area contributed by atoms with Crippen LogP contribution in [-0.2, 0) is 4.79 Å². The fraction of sp³-hybridized carbons (Fsp3) is 0.385. The highest BCUT2D eigenvalue weighted by Gasteiger charge is 2.15. The van der Waals surface area contributed by atoms with E-state index in [1.165, 1.54) is 0 Å². The van der Waals surface area contributed by atoms with Crippen LogP contribution in [0.4, 0.5) is 5.69 Å². The van der Waals surface area contributed by atoms with Gasteiger partial charge in [-0.15, -0.1) is 0 Å². The topological polar surface area (TPSA) is 62.1 Å². The van der Waals surface area contributed by atoms with E-state index in [9.17, 15) is 4.79 Å². The number of nitrogens with zero attached hydrogens (tertiary/aromatic N) is 1. The van der Waals surface area contributed by atoms with Crippen LogP contribution in [-0.4, -0.2) is 12.5 Å². The summed E-state index contributed by atoms with van der Waals surface area (Å²) in [4.78, 5) is 11.6. The second-order valence-corrected chi connectivity index (χ2v) is 3.54. The van der Waals surface area contributed by atoms with Gasteiger partial charge in [-0.2, -0.15) is 5.26 Å². The van der Waals surface area contributed by atoms with Gasteiger partial charge in [-0.3, -0.25) is 4.79 Å². The maximum atomic E-state index is 11.6. The summed E-state index contributed by atoms with van der Waals surface area (Å²) in [7, 11) is 0. The van der Waals surface area contributed by atoms with E-state index < -0.39 is 5.92 Å². The van der Waals surface area contributed by atoms with Crippen molar-refractivity contribution < 1.29 is 9.53 Å². The highest BCUT2D eigenvalue weighted by atomic mass is 16.5. The van der Waals surface area contributed by atoms with E-state index in [0.29, 0.717) is 18.7 Å². The van der Waals surface area contributed by atoms with Crippen molar-refractivity contribution in [3.8, 4) is 11.8 Å². The molecule has 17 heavy (non-hydrogen) atoms. The van der Waals surface area contributed by atoms with Gasteiger partial charge < -0.3 is 10.1 Å². The zero-order valence-electron chi connectivity index (χ0n) is 10.1. The van der Waals surface area contributed by atoms with Gasteiger partial charge >= 0.3 is 0 Å². The minimum absolute atomic E-state index is 0.265. The minimum atomic E-state index is -0.596. The van der Waals surface area contributed by atoms with Crippen LogP contribution in [0.5, 0.6) is 5.75 Å². The molecule has 0 saturated heterocycles. The quantitative estimate of drug-likeness (QED) is 0.848. The normalized spacial score (nSPS) is 11.4. The molecule has 1 unspecified atom stereocenters. The molecule has 0 aliphatic rings. The van der Waals surface area contributed by atoms with Crippen LogP contribution in [0.15, 0.2) is 24.3 Å². The Balaban J connectivity index is 2.63. The maximum Gasteiger partial charge on any atom is 0.241 e. The fourth-order valence-electron chi connectivity index (χ4n) is 1.37. The molecule has 1 amide bonds. The van der Waals surface area contributed by atoms with Crippen LogP contribution < -0.4 is 10.1 Å². The Morgan fingerprint density at radius 3 is 2.53 bits per heavy atom. The monoisotopic (exact) mass is 232 g/mol. The van der Waals surface area contributed by atoms with Crippen LogP contribution in [0, 0.1) is 17.2 Å². The number of anilines is 1. The summed E-state index contributed by atoms with van der Waals surface area (Å²) in [5.41, 5.74) is 0.673. The highest BCUT2D eigenvalue weighted by Crippen LogP contribution is 2.16. The van der Waals surface area contributed by atoms with Crippen molar-refractivity contribution in [1.82, 2.24) is 0 Å². The van der Waals surface area contributed by atoms with Crippen LogP contribution in [0.25, 0.3) is 0 Å². The van der Waals surface area contributed by atoms with E-state index in [1.807, 2.05) is 19.9 Å². The molecule has 0 heterocycles. The summed E-state index contributed by atoms with van der Waals surface area (Å²) >= 11 is 0. The number of amides is 1. The molecule has 0 fully saturated rings. The summed E-state index contributed by atoms with van der Waals surface area (Å²) in [6.07, 6.45) is 0.513. The summed E-state index contributed by atoms with van der Waals surface area (Å²) < 4.78 is 5.29. The second kappa shape index (κ2) is 6.54. The molecule has 0 aromatic heterocycles. The average Bonchev–Trinajstić information content (AvgIpc) is 2.33. The van der Waals surface area contributed by atoms with Gasteiger partial charge in [0.05, 0.1) is 12.7 Å². The number of nitriles is 1. The lowest BCUT2D eigenvalue weighted by Gasteiger charge is -2.09. The molecule has 1 rings (SSSR count). The fourth-order valence-corrected chi connectivity index (χ4v) is 1.37. The van der Waals surface area contributed by atoms with E-state index >= 15 is 0 Å². The zero-order valence-corrected chi connectivity index (χ0v) is 10.1. The smallest absolute Gasteiger partial charge is 0.241 e. The van der Waals surface area contributed by atoms with Gasteiger partial charge in [0.25, 0.3) is 0 Å². The highest BCUT2D eigenvalue weighted by molar-refractivity contribution is 5.94. The number of nitrogens with one attached hydrogen (secondary N) is 1. The lowest BCUT2D eigenvalue weighted by atomic mass is 10.1. The number of hydrogen-bond acceptors (Lipinski definition) is 3. The zero-order chi connectivity index (χ0) is 12.7. The van der Waals surface area contributed by atoms with Crippen molar-refractivity contribution in [3.05, 3.63) is 24.3 Å². The first kappa shape index (κ1) is 13.0. The second-order valence-electron chi connectivity index (χ2n) is 3.54. The number of hydrogen-bond donors (Lipinski definition) is 1. The van der Waals surface area contributed by atoms with Crippen LogP contribution in [0.1, 0.15) is 20.3 Å². The van der Waals surface area contributed by atoms with Gasteiger partial charge in [-0.1, -0.05) is 6.92 Å².